The van der Waals surface area contributed by atoms with E-state index in [1.807, 2.05) is 35.0 Å². The summed E-state index contributed by atoms with van der Waals surface area (Å²) in [5.74, 6) is 2.16. The Morgan fingerprint density at radius 2 is 2.05 bits per heavy atom. The van der Waals surface area contributed by atoms with Gasteiger partial charge in [-0.2, -0.15) is 11.8 Å². The Morgan fingerprint density at radius 3 is 2.74 bits per heavy atom. The van der Waals surface area contributed by atoms with Gasteiger partial charge in [-0.15, -0.1) is 11.3 Å². The average molecular weight is 313 g/mol. The van der Waals surface area contributed by atoms with Crippen molar-refractivity contribution in [3.8, 4) is 10.4 Å². The maximum absolute atomic E-state index is 12.5. The van der Waals surface area contributed by atoms with E-state index in [1.54, 1.807) is 6.20 Å². The molecule has 0 saturated carbocycles. The SMILES string of the molecule is O=C(c1c[nH]cc1-c1ccc(Cl)s1)N1CCSCC1. The lowest BCUT2D eigenvalue weighted by atomic mass is 10.1. The highest BCUT2D eigenvalue weighted by atomic mass is 35.5. The van der Waals surface area contributed by atoms with Crippen LogP contribution in [0.25, 0.3) is 10.4 Å². The zero-order chi connectivity index (χ0) is 13.2. The topological polar surface area (TPSA) is 36.1 Å². The molecule has 100 valence electrons. The van der Waals surface area contributed by atoms with Gasteiger partial charge in [-0.05, 0) is 12.1 Å². The van der Waals surface area contributed by atoms with Crippen molar-refractivity contribution in [2.75, 3.05) is 24.6 Å². The van der Waals surface area contributed by atoms with E-state index < -0.39 is 0 Å². The van der Waals surface area contributed by atoms with Crippen molar-refractivity contribution in [2.45, 2.75) is 0 Å². The minimum atomic E-state index is 0.112. The number of nitrogens with zero attached hydrogens (tertiary/aromatic N) is 1. The predicted molar refractivity (Wildman–Crippen MR) is 82.3 cm³/mol. The zero-order valence-corrected chi connectivity index (χ0v) is 12.6. The maximum Gasteiger partial charge on any atom is 0.256 e. The molecule has 3 rings (SSSR count). The van der Waals surface area contributed by atoms with Crippen LogP contribution in [0.1, 0.15) is 10.4 Å². The van der Waals surface area contributed by atoms with Gasteiger partial charge in [0.25, 0.3) is 5.91 Å². The number of halogens is 1. The summed E-state index contributed by atoms with van der Waals surface area (Å²) in [5, 5.41) is 0. The molecule has 19 heavy (non-hydrogen) atoms. The van der Waals surface area contributed by atoms with E-state index in [-0.39, 0.29) is 5.91 Å². The smallest absolute Gasteiger partial charge is 0.256 e. The first kappa shape index (κ1) is 13.1. The number of aromatic amines is 1. The molecule has 0 spiro atoms. The van der Waals surface area contributed by atoms with Crippen molar-refractivity contribution in [3.63, 3.8) is 0 Å². The Labute approximate surface area is 125 Å². The fourth-order valence-electron chi connectivity index (χ4n) is 2.14. The van der Waals surface area contributed by atoms with Crippen LogP contribution in [0.2, 0.25) is 4.34 Å². The molecule has 1 N–H and O–H groups in total. The van der Waals surface area contributed by atoms with Gasteiger partial charge in [0, 0.05) is 47.4 Å². The lowest BCUT2D eigenvalue weighted by Gasteiger charge is -2.26. The third-order valence-electron chi connectivity index (χ3n) is 3.11. The number of nitrogens with one attached hydrogen (secondary N) is 1. The number of hydrogen-bond acceptors (Lipinski definition) is 3. The Hall–Kier alpha value is -0.910. The molecule has 1 aliphatic rings. The third-order valence-corrected chi connectivity index (χ3v) is 5.32. The molecule has 2 aromatic rings. The molecule has 6 heteroatoms. The zero-order valence-electron chi connectivity index (χ0n) is 10.2. The van der Waals surface area contributed by atoms with Gasteiger partial charge < -0.3 is 9.88 Å². The van der Waals surface area contributed by atoms with Crippen LogP contribution in [0.5, 0.6) is 0 Å². The molecule has 0 bridgehead atoms. The van der Waals surface area contributed by atoms with E-state index in [0.717, 1.165) is 44.9 Å². The molecule has 0 aliphatic carbocycles. The highest BCUT2D eigenvalue weighted by molar-refractivity contribution is 7.99. The van der Waals surface area contributed by atoms with E-state index in [2.05, 4.69) is 4.98 Å². The fraction of sp³-hybridized carbons (Fsp3) is 0.308. The van der Waals surface area contributed by atoms with Gasteiger partial charge in [-0.1, -0.05) is 11.6 Å². The Balaban J connectivity index is 1.89. The molecule has 0 aromatic carbocycles. The average Bonchev–Trinajstić information content (AvgIpc) is 3.07. The molecule has 1 saturated heterocycles. The molecular weight excluding hydrogens is 300 g/mol. The van der Waals surface area contributed by atoms with Crippen molar-refractivity contribution >= 4 is 40.6 Å². The van der Waals surface area contributed by atoms with Crippen LogP contribution >= 0.6 is 34.7 Å². The first-order valence-electron chi connectivity index (χ1n) is 6.05. The largest absolute Gasteiger partial charge is 0.366 e. The minimum absolute atomic E-state index is 0.112. The van der Waals surface area contributed by atoms with E-state index >= 15 is 0 Å². The van der Waals surface area contributed by atoms with E-state index in [1.165, 1.54) is 11.3 Å². The molecule has 0 atom stereocenters. The van der Waals surface area contributed by atoms with Crippen LogP contribution in [-0.4, -0.2) is 40.4 Å². The van der Waals surface area contributed by atoms with Crippen LogP contribution in [0.15, 0.2) is 24.5 Å². The normalized spacial score (nSPS) is 15.7. The Morgan fingerprint density at radius 1 is 1.26 bits per heavy atom. The molecule has 2 aromatic heterocycles. The van der Waals surface area contributed by atoms with Crippen LogP contribution in [-0.2, 0) is 0 Å². The van der Waals surface area contributed by atoms with Crippen LogP contribution in [0, 0.1) is 0 Å². The number of amides is 1. The van der Waals surface area contributed by atoms with Gasteiger partial charge in [0.15, 0.2) is 0 Å². The molecule has 0 unspecified atom stereocenters. The van der Waals surface area contributed by atoms with E-state index in [0.29, 0.717) is 0 Å². The molecule has 1 aliphatic heterocycles. The summed E-state index contributed by atoms with van der Waals surface area (Å²) in [5.41, 5.74) is 1.69. The summed E-state index contributed by atoms with van der Waals surface area (Å²) >= 11 is 9.36. The quantitative estimate of drug-likeness (QED) is 0.920. The monoisotopic (exact) mass is 312 g/mol. The third kappa shape index (κ3) is 2.68. The van der Waals surface area contributed by atoms with Crippen LogP contribution < -0.4 is 0 Å². The number of hydrogen-bond donors (Lipinski definition) is 1. The molecule has 3 heterocycles. The van der Waals surface area contributed by atoms with Gasteiger partial charge in [-0.3, -0.25) is 4.79 Å². The number of thiophene rings is 1. The summed E-state index contributed by atoms with van der Waals surface area (Å²) in [4.78, 5) is 18.5. The van der Waals surface area contributed by atoms with Gasteiger partial charge >= 0.3 is 0 Å². The van der Waals surface area contributed by atoms with Crippen LogP contribution in [0.3, 0.4) is 0 Å². The number of rotatable bonds is 2. The number of aromatic nitrogens is 1. The summed E-state index contributed by atoms with van der Waals surface area (Å²) < 4.78 is 0.740. The molecule has 1 fully saturated rings. The Kier molecular flexibility index (Phi) is 3.86. The van der Waals surface area contributed by atoms with Gasteiger partial charge in [0.1, 0.15) is 0 Å². The molecular formula is C13H13ClN2OS2. The van der Waals surface area contributed by atoms with E-state index in [4.69, 9.17) is 11.6 Å². The second-order valence-electron chi connectivity index (χ2n) is 4.29. The van der Waals surface area contributed by atoms with Crippen molar-refractivity contribution in [1.82, 2.24) is 9.88 Å². The predicted octanol–water partition coefficient (Wildman–Crippen LogP) is 3.59. The highest BCUT2D eigenvalue weighted by Gasteiger charge is 2.22. The number of H-pyrrole nitrogens is 1. The number of carbonyl (C=O) groups excluding carboxylic acids is 1. The van der Waals surface area contributed by atoms with Crippen molar-refractivity contribution in [3.05, 3.63) is 34.4 Å². The lowest BCUT2D eigenvalue weighted by molar-refractivity contribution is 0.0773. The first-order chi connectivity index (χ1) is 9.25. The van der Waals surface area contributed by atoms with Crippen molar-refractivity contribution in [2.24, 2.45) is 0 Å². The van der Waals surface area contributed by atoms with Crippen LogP contribution in [0.4, 0.5) is 0 Å². The number of thioether (sulfide) groups is 1. The van der Waals surface area contributed by atoms with Gasteiger partial charge in [0.2, 0.25) is 0 Å². The summed E-state index contributed by atoms with van der Waals surface area (Å²) in [6.45, 7) is 1.67. The summed E-state index contributed by atoms with van der Waals surface area (Å²) in [6, 6.07) is 3.82. The first-order valence-corrected chi connectivity index (χ1v) is 8.40. The van der Waals surface area contributed by atoms with Crippen molar-refractivity contribution < 1.29 is 4.79 Å². The Bertz CT molecular complexity index is 587. The molecule has 1 amide bonds. The number of carbonyl (C=O) groups is 1. The summed E-state index contributed by atoms with van der Waals surface area (Å²) in [6.07, 6.45) is 3.65. The van der Waals surface area contributed by atoms with Crippen molar-refractivity contribution in [1.29, 1.82) is 0 Å². The highest BCUT2D eigenvalue weighted by Crippen LogP contribution is 2.33. The second-order valence-corrected chi connectivity index (χ2v) is 7.23. The minimum Gasteiger partial charge on any atom is -0.366 e. The lowest BCUT2D eigenvalue weighted by Crippen LogP contribution is -2.37. The van der Waals surface area contributed by atoms with E-state index in [9.17, 15) is 4.79 Å². The standard InChI is InChI=1S/C13H13ClN2OS2/c14-12-2-1-11(19-12)9-7-15-8-10(9)13(17)16-3-5-18-6-4-16/h1-2,7-8,15H,3-6H2. The van der Waals surface area contributed by atoms with Gasteiger partial charge in [0.05, 0.1) is 9.90 Å². The molecule has 3 nitrogen and oxygen atoms in total. The fourth-order valence-corrected chi connectivity index (χ4v) is 4.12. The maximum atomic E-state index is 12.5. The van der Waals surface area contributed by atoms with Gasteiger partial charge in [-0.25, -0.2) is 0 Å². The summed E-state index contributed by atoms with van der Waals surface area (Å²) in [7, 11) is 0. The molecule has 0 radical (unpaired) electrons. The second kappa shape index (κ2) is 5.61.